The van der Waals surface area contributed by atoms with Crippen molar-refractivity contribution < 1.29 is 14.3 Å². The predicted octanol–water partition coefficient (Wildman–Crippen LogP) is 2.96. The van der Waals surface area contributed by atoms with E-state index in [2.05, 4.69) is 5.32 Å². The molecule has 4 nitrogen and oxygen atoms in total. The van der Waals surface area contributed by atoms with Crippen molar-refractivity contribution >= 4 is 11.6 Å². The van der Waals surface area contributed by atoms with Crippen LogP contribution in [0.5, 0.6) is 0 Å². The van der Waals surface area contributed by atoms with E-state index in [4.69, 9.17) is 0 Å². The zero-order valence-electron chi connectivity index (χ0n) is 12.1. The predicted molar refractivity (Wildman–Crippen MR) is 79.3 cm³/mol. The number of hydrogen-bond donors (Lipinski definition) is 2. The van der Waals surface area contributed by atoms with Gasteiger partial charge in [0.05, 0.1) is 6.10 Å². The number of halogens is 1. The van der Waals surface area contributed by atoms with Crippen molar-refractivity contribution in [1.29, 1.82) is 0 Å². The van der Waals surface area contributed by atoms with Gasteiger partial charge in [0.15, 0.2) is 0 Å². The van der Waals surface area contributed by atoms with Gasteiger partial charge < -0.3 is 15.0 Å². The van der Waals surface area contributed by atoms with Crippen LogP contribution >= 0.6 is 0 Å². The van der Waals surface area contributed by atoms with Crippen LogP contribution in [0.15, 0.2) is 42.7 Å². The monoisotopic (exact) mass is 290 g/mol. The molecular formula is C16H19FN2O2. The fourth-order valence-electron chi connectivity index (χ4n) is 2.05. The lowest BCUT2D eigenvalue weighted by atomic mass is 10.0. The van der Waals surface area contributed by atoms with Crippen LogP contribution in [0.1, 0.15) is 25.5 Å². The third-order valence-corrected chi connectivity index (χ3v) is 3.18. The molecule has 0 fully saturated rings. The summed E-state index contributed by atoms with van der Waals surface area (Å²) in [5.41, 5.74) is 1.21. The number of carbonyl (C=O) groups excluding carboxylic acids is 1. The molecule has 0 aliphatic carbocycles. The Balaban J connectivity index is 1.97. The molecule has 0 aliphatic rings. The second kappa shape index (κ2) is 6.54. The van der Waals surface area contributed by atoms with Gasteiger partial charge in [-0.05, 0) is 35.7 Å². The standard InChI is InChI=1S/C16H19FN2O2/c1-11(2)16(21)12-6-7-19(9-12)10-15(20)18-14-5-3-4-13(17)8-14/h3-9,11,16,21H,10H2,1-2H3,(H,18,20). The topological polar surface area (TPSA) is 54.3 Å². The normalized spacial score (nSPS) is 12.4. The quantitative estimate of drug-likeness (QED) is 0.889. The number of hydrogen-bond acceptors (Lipinski definition) is 2. The van der Waals surface area contributed by atoms with Crippen LogP contribution in [-0.2, 0) is 11.3 Å². The molecule has 1 atom stereocenters. The van der Waals surface area contributed by atoms with Gasteiger partial charge in [0.1, 0.15) is 12.4 Å². The van der Waals surface area contributed by atoms with E-state index in [0.29, 0.717) is 5.69 Å². The molecule has 1 heterocycles. The van der Waals surface area contributed by atoms with Crippen molar-refractivity contribution in [3.8, 4) is 0 Å². The Labute approximate surface area is 123 Å². The van der Waals surface area contributed by atoms with Gasteiger partial charge >= 0.3 is 0 Å². The Morgan fingerprint density at radius 3 is 2.81 bits per heavy atom. The minimum Gasteiger partial charge on any atom is -0.388 e. The van der Waals surface area contributed by atoms with Crippen molar-refractivity contribution in [3.63, 3.8) is 0 Å². The molecule has 0 spiro atoms. The van der Waals surface area contributed by atoms with Gasteiger partial charge in [-0.1, -0.05) is 19.9 Å². The van der Waals surface area contributed by atoms with Crippen molar-refractivity contribution in [3.05, 3.63) is 54.1 Å². The molecular weight excluding hydrogens is 271 g/mol. The van der Waals surface area contributed by atoms with Crippen LogP contribution in [0.2, 0.25) is 0 Å². The summed E-state index contributed by atoms with van der Waals surface area (Å²) in [6.07, 6.45) is 2.94. The summed E-state index contributed by atoms with van der Waals surface area (Å²) in [5.74, 6) is -0.528. The van der Waals surface area contributed by atoms with E-state index in [0.717, 1.165) is 5.56 Å². The number of amides is 1. The molecule has 1 amide bonds. The fourth-order valence-corrected chi connectivity index (χ4v) is 2.05. The number of aromatic nitrogens is 1. The summed E-state index contributed by atoms with van der Waals surface area (Å²) >= 11 is 0. The first-order valence-corrected chi connectivity index (χ1v) is 6.85. The summed E-state index contributed by atoms with van der Waals surface area (Å²) in [6.45, 7) is 3.97. The fraction of sp³-hybridized carbons (Fsp3) is 0.312. The molecule has 21 heavy (non-hydrogen) atoms. The highest BCUT2D eigenvalue weighted by Gasteiger charge is 2.13. The van der Waals surface area contributed by atoms with E-state index >= 15 is 0 Å². The lowest BCUT2D eigenvalue weighted by Gasteiger charge is -2.12. The lowest BCUT2D eigenvalue weighted by molar-refractivity contribution is -0.116. The van der Waals surface area contributed by atoms with Gasteiger partial charge in [-0.3, -0.25) is 4.79 Å². The van der Waals surface area contributed by atoms with Crippen LogP contribution in [0.25, 0.3) is 0 Å². The first kappa shape index (κ1) is 15.3. The molecule has 1 aromatic heterocycles. The average molecular weight is 290 g/mol. The maximum atomic E-state index is 13.0. The molecule has 1 unspecified atom stereocenters. The first-order chi connectivity index (χ1) is 9.95. The van der Waals surface area contributed by atoms with E-state index in [-0.39, 0.29) is 18.4 Å². The van der Waals surface area contributed by atoms with Gasteiger partial charge in [0, 0.05) is 18.1 Å². The summed E-state index contributed by atoms with van der Waals surface area (Å²) in [4.78, 5) is 11.9. The third kappa shape index (κ3) is 4.16. The minimum atomic E-state index is -0.544. The molecule has 2 rings (SSSR count). The zero-order chi connectivity index (χ0) is 15.4. The number of aliphatic hydroxyl groups is 1. The summed E-state index contributed by atoms with van der Waals surface area (Å²) in [6, 6.07) is 7.55. The number of anilines is 1. The molecule has 1 aromatic carbocycles. The van der Waals surface area contributed by atoms with Gasteiger partial charge in [0.2, 0.25) is 5.91 Å². The summed E-state index contributed by atoms with van der Waals surface area (Å²) in [5, 5.41) is 12.6. The summed E-state index contributed by atoms with van der Waals surface area (Å²) in [7, 11) is 0. The maximum absolute atomic E-state index is 13.0. The van der Waals surface area contributed by atoms with Crippen LogP contribution in [-0.4, -0.2) is 15.6 Å². The molecule has 2 N–H and O–H groups in total. The SMILES string of the molecule is CC(C)C(O)c1ccn(CC(=O)Nc2cccc(F)c2)c1. The number of nitrogens with zero attached hydrogens (tertiary/aromatic N) is 1. The van der Waals surface area contributed by atoms with Gasteiger partial charge in [-0.15, -0.1) is 0 Å². The molecule has 0 saturated heterocycles. The Bertz CT molecular complexity index is 622. The van der Waals surface area contributed by atoms with E-state index in [9.17, 15) is 14.3 Å². The average Bonchev–Trinajstić information content (AvgIpc) is 2.85. The van der Waals surface area contributed by atoms with E-state index in [1.807, 2.05) is 13.8 Å². The number of carbonyl (C=O) groups is 1. The first-order valence-electron chi connectivity index (χ1n) is 6.85. The highest BCUT2D eigenvalue weighted by molar-refractivity contribution is 5.90. The van der Waals surface area contributed by atoms with Crippen LogP contribution in [0, 0.1) is 11.7 Å². The van der Waals surface area contributed by atoms with E-state index in [1.165, 1.54) is 18.2 Å². The molecule has 2 aromatic rings. The van der Waals surface area contributed by atoms with Gasteiger partial charge in [-0.2, -0.15) is 0 Å². The number of nitrogens with one attached hydrogen (secondary N) is 1. The van der Waals surface area contributed by atoms with E-state index < -0.39 is 11.9 Å². The Morgan fingerprint density at radius 2 is 2.14 bits per heavy atom. The number of rotatable bonds is 5. The minimum absolute atomic E-state index is 0.112. The maximum Gasteiger partial charge on any atom is 0.244 e. The van der Waals surface area contributed by atoms with Crippen molar-refractivity contribution in [2.75, 3.05) is 5.32 Å². The van der Waals surface area contributed by atoms with E-state index in [1.54, 1.807) is 29.1 Å². The van der Waals surface area contributed by atoms with Crippen molar-refractivity contribution in [2.24, 2.45) is 5.92 Å². The Kier molecular flexibility index (Phi) is 4.75. The lowest BCUT2D eigenvalue weighted by Crippen LogP contribution is -2.18. The molecule has 0 saturated carbocycles. The second-order valence-corrected chi connectivity index (χ2v) is 5.36. The number of benzene rings is 1. The molecule has 0 aliphatic heterocycles. The molecule has 0 radical (unpaired) electrons. The summed E-state index contributed by atoms with van der Waals surface area (Å²) < 4.78 is 14.7. The molecule has 112 valence electrons. The highest BCUT2D eigenvalue weighted by atomic mass is 19.1. The third-order valence-electron chi connectivity index (χ3n) is 3.18. The Hall–Kier alpha value is -2.14. The molecule has 5 heteroatoms. The molecule has 0 bridgehead atoms. The van der Waals surface area contributed by atoms with Gasteiger partial charge in [-0.25, -0.2) is 4.39 Å². The second-order valence-electron chi connectivity index (χ2n) is 5.36. The van der Waals surface area contributed by atoms with Gasteiger partial charge in [0.25, 0.3) is 0 Å². The Morgan fingerprint density at radius 1 is 1.38 bits per heavy atom. The van der Waals surface area contributed by atoms with Crippen molar-refractivity contribution in [2.45, 2.75) is 26.5 Å². The van der Waals surface area contributed by atoms with Crippen LogP contribution in [0.3, 0.4) is 0 Å². The largest absolute Gasteiger partial charge is 0.388 e. The highest BCUT2D eigenvalue weighted by Crippen LogP contribution is 2.21. The smallest absolute Gasteiger partial charge is 0.244 e. The van der Waals surface area contributed by atoms with Crippen molar-refractivity contribution in [1.82, 2.24) is 4.57 Å². The van der Waals surface area contributed by atoms with Crippen LogP contribution < -0.4 is 5.32 Å². The number of aliphatic hydroxyl groups excluding tert-OH is 1. The van der Waals surface area contributed by atoms with Crippen LogP contribution in [0.4, 0.5) is 10.1 Å². The zero-order valence-corrected chi connectivity index (χ0v) is 12.1.